The number of piperidine rings is 1. The first-order valence-corrected chi connectivity index (χ1v) is 7.44. The third kappa shape index (κ3) is 4.49. The Morgan fingerprint density at radius 1 is 1.33 bits per heavy atom. The van der Waals surface area contributed by atoms with Gasteiger partial charge in [0.05, 0.1) is 0 Å². The molecule has 0 aromatic heterocycles. The highest BCUT2D eigenvalue weighted by Crippen LogP contribution is 2.18. The van der Waals surface area contributed by atoms with E-state index in [1.54, 1.807) is 0 Å². The Bertz CT molecular complexity index is 485. The van der Waals surface area contributed by atoms with E-state index in [1.165, 1.54) is 0 Å². The molecule has 1 N–H and O–H groups in total. The summed E-state index contributed by atoms with van der Waals surface area (Å²) >= 11 is 0. The van der Waals surface area contributed by atoms with E-state index in [1.807, 2.05) is 0 Å². The molecule has 1 atom stereocenters. The minimum Gasteiger partial charge on any atom is -0.352 e. The molecule has 0 bridgehead atoms. The molecule has 1 aromatic carbocycles. The Kier molecular flexibility index (Phi) is 5.28. The molecule has 1 aliphatic heterocycles. The number of likely N-dealkylation sites (tertiary alicyclic amines) is 1. The Morgan fingerprint density at radius 3 is 2.62 bits per heavy atom. The summed E-state index contributed by atoms with van der Waals surface area (Å²) in [5.41, 5.74) is 0.0315. The van der Waals surface area contributed by atoms with Gasteiger partial charge < -0.3 is 10.2 Å². The van der Waals surface area contributed by atoms with E-state index >= 15 is 0 Å². The first kappa shape index (κ1) is 15.9. The molecule has 3 nitrogen and oxygen atoms in total. The Hall–Kier alpha value is -1.49. The van der Waals surface area contributed by atoms with Crippen LogP contribution in [-0.4, -0.2) is 36.5 Å². The van der Waals surface area contributed by atoms with Crippen molar-refractivity contribution < 1.29 is 13.6 Å². The Morgan fingerprint density at radius 2 is 2.00 bits per heavy atom. The van der Waals surface area contributed by atoms with Gasteiger partial charge in [-0.2, -0.15) is 0 Å². The van der Waals surface area contributed by atoms with Crippen molar-refractivity contribution in [1.29, 1.82) is 0 Å². The van der Waals surface area contributed by atoms with Gasteiger partial charge in [-0.25, -0.2) is 8.78 Å². The standard InChI is InChI=1S/C16H22F2N2O/c1-11(2)20-5-3-4-12(10-20)9-19-16(21)13-6-14(17)8-15(18)7-13/h6-8,11-12H,3-5,9-10H2,1-2H3,(H,19,21)/t12-/m1/s1. The normalized spacial score (nSPS) is 19.8. The van der Waals surface area contributed by atoms with E-state index in [-0.39, 0.29) is 5.56 Å². The van der Waals surface area contributed by atoms with Gasteiger partial charge in [0.2, 0.25) is 0 Å². The van der Waals surface area contributed by atoms with Gasteiger partial charge in [-0.1, -0.05) is 0 Å². The summed E-state index contributed by atoms with van der Waals surface area (Å²) in [5.74, 6) is -1.49. The van der Waals surface area contributed by atoms with Gasteiger partial charge in [0, 0.05) is 30.8 Å². The topological polar surface area (TPSA) is 32.3 Å². The first-order valence-electron chi connectivity index (χ1n) is 7.44. The van der Waals surface area contributed by atoms with Crippen LogP contribution in [0.1, 0.15) is 37.0 Å². The van der Waals surface area contributed by atoms with Crippen molar-refractivity contribution in [3.63, 3.8) is 0 Å². The molecule has 1 amide bonds. The van der Waals surface area contributed by atoms with E-state index in [0.717, 1.165) is 44.1 Å². The number of benzene rings is 1. The first-order chi connectivity index (χ1) is 9.95. The van der Waals surface area contributed by atoms with Gasteiger partial charge in [-0.3, -0.25) is 4.79 Å². The molecule has 0 unspecified atom stereocenters. The smallest absolute Gasteiger partial charge is 0.251 e. The SMILES string of the molecule is CC(C)N1CCC[C@H](CNC(=O)c2cc(F)cc(F)c2)C1. The Labute approximate surface area is 124 Å². The van der Waals surface area contributed by atoms with Crippen LogP contribution in [0, 0.1) is 17.6 Å². The molecular weight excluding hydrogens is 274 g/mol. The molecule has 0 spiro atoms. The van der Waals surface area contributed by atoms with Crippen LogP contribution in [0.3, 0.4) is 0 Å². The number of rotatable bonds is 4. The molecular formula is C16H22F2N2O. The molecule has 1 saturated heterocycles. The van der Waals surface area contributed by atoms with Gasteiger partial charge in [-0.15, -0.1) is 0 Å². The molecule has 21 heavy (non-hydrogen) atoms. The minimum atomic E-state index is -0.733. The molecule has 1 aliphatic rings. The molecule has 1 fully saturated rings. The van der Waals surface area contributed by atoms with Crippen LogP contribution >= 0.6 is 0 Å². The van der Waals surface area contributed by atoms with E-state index in [4.69, 9.17) is 0 Å². The van der Waals surface area contributed by atoms with Crippen molar-refractivity contribution >= 4 is 5.91 Å². The highest BCUT2D eigenvalue weighted by Gasteiger charge is 2.22. The summed E-state index contributed by atoms with van der Waals surface area (Å²) < 4.78 is 26.2. The molecule has 2 rings (SSSR count). The highest BCUT2D eigenvalue weighted by atomic mass is 19.1. The third-order valence-corrected chi connectivity index (χ3v) is 3.96. The maximum Gasteiger partial charge on any atom is 0.251 e. The van der Waals surface area contributed by atoms with Crippen LogP contribution in [0.25, 0.3) is 0 Å². The van der Waals surface area contributed by atoms with Crippen LogP contribution in [0.4, 0.5) is 8.78 Å². The maximum absolute atomic E-state index is 13.1. The van der Waals surface area contributed by atoms with Crippen LogP contribution in [0.2, 0.25) is 0 Å². The number of amides is 1. The molecule has 0 radical (unpaired) electrons. The fourth-order valence-electron chi connectivity index (χ4n) is 2.76. The molecule has 5 heteroatoms. The maximum atomic E-state index is 13.1. The summed E-state index contributed by atoms with van der Waals surface area (Å²) in [4.78, 5) is 14.3. The lowest BCUT2D eigenvalue weighted by molar-refractivity contribution is 0.0921. The summed E-state index contributed by atoms with van der Waals surface area (Å²) in [7, 11) is 0. The van der Waals surface area contributed by atoms with E-state index in [9.17, 15) is 13.6 Å². The predicted octanol–water partition coefficient (Wildman–Crippen LogP) is 2.82. The number of nitrogens with zero attached hydrogens (tertiary/aromatic N) is 1. The average molecular weight is 296 g/mol. The second-order valence-corrected chi connectivity index (χ2v) is 5.97. The van der Waals surface area contributed by atoms with E-state index in [0.29, 0.717) is 18.5 Å². The number of carbonyl (C=O) groups is 1. The summed E-state index contributed by atoms with van der Waals surface area (Å²) in [5, 5.41) is 2.78. The summed E-state index contributed by atoms with van der Waals surface area (Å²) in [6.07, 6.45) is 2.19. The van der Waals surface area contributed by atoms with Crippen molar-refractivity contribution in [2.45, 2.75) is 32.7 Å². The number of halogens is 2. The van der Waals surface area contributed by atoms with Crippen LogP contribution in [0.15, 0.2) is 18.2 Å². The number of carbonyl (C=O) groups excluding carboxylic acids is 1. The molecule has 1 aromatic rings. The van der Waals surface area contributed by atoms with Crippen LogP contribution in [-0.2, 0) is 0 Å². The number of hydrogen-bond donors (Lipinski definition) is 1. The highest BCUT2D eigenvalue weighted by molar-refractivity contribution is 5.94. The van der Waals surface area contributed by atoms with Crippen LogP contribution < -0.4 is 5.32 Å². The molecule has 0 aliphatic carbocycles. The lowest BCUT2D eigenvalue weighted by atomic mass is 9.97. The predicted molar refractivity (Wildman–Crippen MR) is 78.1 cm³/mol. The third-order valence-electron chi connectivity index (χ3n) is 3.96. The second kappa shape index (κ2) is 6.98. The summed E-state index contributed by atoms with van der Waals surface area (Å²) in [6, 6.07) is 3.37. The van der Waals surface area contributed by atoms with Gasteiger partial charge in [0.25, 0.3) is 5.91 Å². The Balaban J connectivity index is 1.89. The molecule has 116 valence electrons. The van der Waals surface area contributed by atoms with E-state index in [2.05, 4.69) is 24.1 Å². The number of nitrogens with one attached hydrogen (secondary N) is 1. The quantitative estimate of drug-likeness (QED) is 0.926. The number of hydrogen-bond acceptors (Lipinski definition) is 2. The molecule has 1 heterocycles. The van der Waals surface area contributed by atoms with Gasteiger partial charge in [0.1, 0.15) is 11.6 Å². The van der Waals surface area contributed by atoms with Crippen molar-refractivity contribution in [3.8, 4) is 0 Å². The fourth-order valence-corrected chi connectivity index (χ4v) is 2.76. The van der Waals surface area contributed by atoms with Gasteiger partial charge >= 0.3 is 0 Å². The van der Waals surface area contributed by atoms with Crippen molar-refractivity contribution in [3.05, 3.63) is 35.4 Å². The zero-order valence-electron chi connectivity index (χ0n) is 12.5. The lowest BCUT2D eigenvalue weighted by Gasteiger charge is -2.35. The zero-order valence-corrected chi connectivity index (χ0v) is 12.5. The minimum absolute atomic E-state index is 0.0315. The van der Waals surface area contributed by atoms with Gasteiger partial charge in [0.15, 0.2) is 0 Å². The van der Waals surface area contributed by atoms with Crippen LogP contribution in [0.5, 0.6) is 0 Å². The lowest BCUT2D eigenvalue weighted by Crippen LogP contribution is -2.43. The van der Waals surface area contributed by atoms with Crippen molar-refractivity contribution in [2.24, 2.45) is 5.92 Å². The van der Waals surface area contributed by atoms with Crippen molar-refractivity contribution in [2.75, 3.05) is 19.6 Å². The fraction of sp³-hybridized carbons (Fsp3) is 0.562. The largest absolute Gasteiger partial charge is 0.352 e. The summed E-state index contributed by atoms with van der Waals surface area (Å²) in [6.45, 7) is 6.92. The monoisotopic (exact) mass is 296 g/mol. The molecule has 0 saturated carbocycles. The average Bonchev–Trinajstić information content (AvgIpc) is 2.44. The van der Waals surface area contributed by atoms with E-state index < -0.39 is 17.5 Å². The van der Waals surface area contributed by atoms with Crippen molar-refractivity contribution in [1.82, 2.24) is 10.2 Å². The zero-order chi connectivity index (χ0) is 15.4. The van der Waals surface area contributed by atoms with Gasteiger partial charge in [-0.05, 0) is 51.3 Å². The second-order valence-electron chi connectivity index (χ2n) is 5.97.